The van der Waals surface area contributed by atoms with Crippen LogP contribution in [0.15, 0.2) is 12.4 Å². The Morgan fingerprint density at radius 2 is 1.03 bits per heavy atom. The van der Waals surface area contributed by atoms with Crippen molar-refractivity contribution in [2.45, 2.75) is 162 Å². The molecule has 1 aromatic heterocycles. The van der Waals surface area contributed by atoms with E-state index < -0.39 is 0 Å². The molecule has 176 valence electrons. The van der Waals surface area contributed by atoms with Gasteiger partial charge in [0.1, 0.15) is 12.4 Å². The summed E-state index contributed by atoms with van der Waals surface area (Å²) in [6.45, 7) is 9.30. The molecule has 0 aliphatic heterocycles. The summed E-state index contributed by atoms with van der Waals surface area (Å²) in [7, 11) is 0. The highest BCUT2D eigenvalue weighted by molar-refractivity contribution is 4.84. The lowest BCUT2D eigenvalue weighted by Gasteiger charge is -2.05. The summed E-state index contributed by atoms with van der Waals surface area (Å²) in [5, 5.41) is 0. The highest BCUT2D eigenvalue weighted by Gasteiger charge is 2.15. The smallest absolute Gasteiger partial charge is 0.234 e. The monoisotopic (exact) mass is 419 g/mol. The van der Waals surface area contributed by atoms with E-state index in [0.29, 0.717) is 0 Å². The molecule has 0 amide bonds. The molecule has 0 aliphatic rings. The predicted molar refractivity (Wildman–Crippen MR) is 133 cm³/mol. The van der Waals surface area contributed by atoms with Gasteiger partial charge < -0.3 is 0 Å². The van der Waals surface area contributed by atoms with Crippen LogP contribution in [0.3, 0.4) is 0 Å². The van der Waals surface area contributed by atoms with Crippen LogP contribution >= 0.6 is 0 Å². The minimum atomic E-state index is 1.19. The second-order valence-electron chi connectivity index (χ2n) is 9.51. The van der Waals surface area contributed by atoms with E-state index in [1.165, 1.54) is 142 Å². The maximum atomic E-state index is 2.53. The summed E-state index contributed by atoms with van der Waals surface area (Å²) < 4.78 is 5.03. The first-order valence-electron chi connectivity index (χ1n) is 13.9. The molecule has 1 heterocycles. The zero-order valence-electron chi connectivity index (χ0n) is 21.1. The van der Waals surface area contributed by atoms with Crippen LogP contribution in [0.2, 0.25) is 0 Å². The fourth-order valence-electron chi connectivity index (χ4n) is 4.57. The molecule has 0 bridgehead atoms. The number of nitrogens with zero attached hydrogens (tertiary/aromatic N) is 2. The van der Waals surface area contributed by atoms with Gasteiger partial charge in [0.15, 0.2) is 0 Å². The zero-order valence-corrected chi connectivity index (χ0v) is 21.1. The second-order valence-corrected chi connectivity index (χ2v) is 9.51. The SMILES string of the molecule is CCCCCCCCCCCCCCCCCC[n+]1ccn(CCCC)c1CCC. The Balaban J connectivity index is 1.94. The summed E-state index contributed by atoms with van der Waals surface area (Å²) in [6, 6.07) is 0. The van der Waals surface area contributed by atoms with Crippen molar-refractivity contribution in [1.82, 2.24) is 4.57 Å². The maximum Gasteiger partial charge on any atom is 0.256 e. The van der Waals surface area contributed by atoms with Gasteiger partial charge in [-0.25, -0.2) is 9.13 Å². The number of imidazole rings is 1. The summed E-state index contributed by atoms with van der Waals surface area (Å²) >= 11 is 0. The molecule has 1 aromatic rings. The maximum absolute atomic E-state index is 2.53. The molecule has 2 nitrogen and oxygen atoms in total. The molecule has 0 spiro atoms. The molecule has 0 N–H and O–H groups in total. The Labute approximate surface area is 189 Å². The van der Waals surface area contributed by atoms with Crippen LogP contribution in [0.4, 0.5) is 0 Å². The summed E-state index contributed by atoms with van der Waals surface area (Å²) in [5.74, 6) is 1.55. The molecule has 0 atom stereocenters. The van der Waals surface area contributed by atoms with E-state index in [-0.39, 0.29) is 0 Å². The van der Waals surface area contributed by atoms with Crippen molar-refractivity contribution in [2.24, 2.45) is 0 Å². The number of unbranched alkanes of at least 4 members (excludes halogenated alkanes) is 16. The Morgan fingerprint density at radius 3 is 1.50 bits per heavy atom. The third-order valence-corrected chi connectivity index (χ3v) is 6.57. The van der Waals surface area contributed by atoms with Gasteiger partial charge in [-0.2, -0.15) is 0 Å². The lowest BCUT2D eigenvalue weighted by molar-refractivity contribution is -0.704. The van der Waals surface area contributed by atoms with Gasteiger partial charge >= 0.3 is 0 Å². The van der Waals surface area contributed by atoms with E-state index in [2.05, 4.69) is 42.3 Å². The number of hydrogen-bond acceptors (Lipinski definition) is 0. The van der Waals surface area contributed by atoms with Crippen LogP contribution in [0.25, 0.3) is 0 Å². The fraction of sp³-hybridized carbons (Fsp3) is 0.893. The molecule has 0 unspecified atom stereocenters. The molecular formula is C28H55N2+. The largest absolute Gasteiger partial charge is 0.256 e. The van der Waals surface area contributed by atoms with Gasteiger partial charge in [-0.15, -0.1) is 0 Å². The molecule has 30 heavy (non-hydrogen) atoms. The number of hydrogen-bond donors (Lipinski definition) is 0. The van der Waals surface area contributed by atoms with Gasteiger partial charge in [-0.3, -0.25) is 0 Å². The van der Waals surface area contributed by atoms with Crippen LogP contribution in [0.1, 0.15) is 149 Å². The standard InChI is InChI=1S/C28H55N2/c1-4-7-9-10-11-12-13-14-15-16-17-18-19-20-21-22-25-30-27-26-29(24-8-5-2)28(30)23-6-3/h26-27H,4-25H2,1-3H3/q+1. The zero-order chi connectivity index (χ0) is 21.7. The Kier molecular flexibility index (Phi) is 18.3. The van der Waals surface area contributed by atoms with Crippen molar-refractivity contribution >= 4 is 0 Å². The molecular weight excluding hydrogens is 364 g/mol. The molecule has 0 fully saturated rings. The van der Waals surface area contributed by atoms with E-state index in [4.69, 9.17) is 0 Å². The normalized spacial score (nSPS) is 11.4. The molecule has 0 radical (unpaired) electrons. The third kappa shape index (κ3) is 13.5. The average Bonchev–Trinajstić information content (AvgIpc) is 3.13. The van der Waals surface area contributed by atoms with Crippen molar-refractivity contribution in [2.75, 3.05) is 0 Å². The summed E-state index contributed by atoms with van der Waals surface area (Å²) in [4.78, 5) is 0. The van der Waals surface area contributed by atoms with Crippen LogP contribution in [0.5, 0.6) is 0 Å². The molecule has 1 rings (SSSR count). The number of rotatable bonds is 22. The van der Waals surface area contributed by atoms with Crippen LogP contribution in [-0.4, -0.2) is 4.57 Å². The fourth-order valence-corrected chi connectivity index (χ4v) is 4.57. The summed E-state index contributed by atoms with van der Waals surface area (Å²) in [5.41, 5.74) is 0. The Morgan fingerprint density at radius 1 is 0.567 bits per heavy atom. The van der Waals surface area contributed by atoms with Gasteiger partial charge in [-0.05, 0) is 25.7 Å². The van der Waals surface area contributed by atoms with Crippen molar-refractivity contribution < 1.29 is 4.57 Å². The van der Waals surface area contributed by atoms with Gasteiger partial charge in [0.25, 0.3) is 5.82 Å². The lowest BCUT2D eigenvalue weighted by atomic mass is 10.0. The predicted octanol–water partition coefficient (Wildman–Crippen LogP) is 8.79. The highest BCUT2D eigenvalue weighted by Crippen LogP contribution is 2.14. The molecule has 2 heteroatoms. The lowest BCUT2D eigenvalue weighted by Crippen LogP contribution is -2.37. The van der Waals surface area contributed by atoms with E-state index in [0.717, 1.165) is 0 Å². The van der Waals surface area contributed by atoms with Gasteiger partial charge in [0.05, 0.1) is 13.1 Å². The van der Waals surface area contributed by atoms with Crippen molar-refractivity contribution in [1.29, 1.82) is 0 Å². The quantitative estimate of drug-likeness (QED) is 0.131. The topological polar surface area (TPSA) is 8.81 Å². The van der Waals surface area contributed by atoms with Crippen molar-refractivity contribution in [3.8, 4) is 0 Å². The Hall–Kier alpha value is -0.790. The third-order valence-electron chi connectivity index (χ3n) is 6.57. The van der Waals surface area contributed by atoms with E-state index in [9.17, 15) is 0 Å². The Bertz CT molecular complexity index is 477. The first-order valence-corrected chi connectivity index (χ1v) is 13.9. The van der Waals surface area contributed by atoms with E-state index in [1.54, 1.807) is 5.82 Å². The average molecular weight is 420 g/mol. The first-order chi connectivity index (χ1) is 14.8. The molecule has 0 aromatic carbocycles. The van der Waals surface area contributed by atoms with E-state index in [1.807, 2.05) is 0 Å². The van der Waals surface area contributed by atoms with Gasteiger partial charge in [-0.1, -0.05) is 117 Å². The van der Waals surface area contributed by atoms with Crippen LogP contribution in [0, 0.1) is 0 Å². The van der Waals surface area contributed by atoms with Gasteiger partial charge in [0.2, 0.25) is 0 Å². The van der Waals surface area contributed by atoms with Crippen LogP contribution in [-0.2, 0) is 19.5 Å². The van der Waals surface area contributed by atoms with Gasteiger partial charge in [0, 0.05) is 6.42 Å². The molecule has 0 aliphatic carbocycles. The number of aryl methyl sites for hydroxylation is 2. The minimum absolute atomic E-state index is 1.19. The van der Waals surface area contributed by atoms with E-state index >= 15 is 0 Å². The minimum Gasteiger partial charge on any atom is -0.234 e. The second kappa shape index (κ2) is 20.1. The highest BCUT2D eigenvalue weighted by atomic mass is 15.1. The van der Waals surface area contributed by atoms with Crippen molar-refractivity contribution in [3.05, 3.63) is 18.2 Å². The first kappa shape index (κ1) is 27.2. The van der Waals surface area contributed by atoms with Crippen molar-refractivity contribution in [3.63, 3.8) is 0 Å². The molecule has 0 saturated heterocycles. The summed E-state index contributed by atoms with van der Waals surface area (Å²) in [6.07, 6.45) is 32.8. The number of aromatic nitrogens is 2. The van der Waals surface area contributed by atoms with Crippen LogP contribution < -0.4 is 4.57 Å². The molecule has 0 saturated carbocycles.